The Bertz CT molecular complexity index is 1330. The molecule has 0 amide bonds. The van der Waals surface area contributed by atoms with E-state index in [1.165, 1.54) is 12.1 Å². The van der Waals surface area contributed by atoms with E-state index in [1.807, 2.05) is 12.1 Å². The van der Waals surface area contributed by atoms with Gasteiger partial charge in [0.1, 0.15) is 17.5 Å². The van der Waals surface area contributed by atoms with E-state index in [9.17, 15) is 8.78 Å². The maximum atomic E-state index is 14.6. The number of nitrogens with zero attached hydrogens (tertiary/aromatic N) is 3. The van der Waals surface area contributed by atoms with Crippen LogP contribution in [0.25, 0.3) is 0 Å². The van der Waals surface area contributed by atoms with E-state index in [-0.39, 0.29) is 39.9 Å². The van der Waals surface area contributed by atoms with Crippen molar-refractivity contribution in [2.45, 2.75) is 11.8 Å². The average Bonchev–Trinajstić information content (AvgIpc) is 3.51. The molecule has 1 aliphatic heterocycles. The third-order valence-corrected chi connectivity index (χ3v) is 7.11. The minimum absolute atomic E-state index is 0.113. The predicted molar refractivity (Wildman–Crippen MR) is 127 cm³/mol. The first-order valence-corrected chi connectivity index (χ1v) is 11.2. The van der Waals surface area contributed by atoms with Crippen molar-refractivity contribution in [2.24, 2.45) is 17.6 Å². The average molecular weight is 460 g/mol. The van der Waals surface area contributed by atoms with Crippen molar-refractivity contribution < 1.29 is 14.2 Å². The number of benzene rings is 2. The van der Waals surface area contributed by atoms with Gasteiger partial charge in [0.25, 0.3) is 5.71 Å². The predicted octanol–water partition coefficient (Wildman–Crippen LogP) is 1.29. The van der Waals surface area contributed by atoms with Gasteiger partial charge in [0.15, 0.2) is 11.5 Å². The smallest absolute Gasteiger partial charge is 0.278 e. The highest BCUT2D eigenvalue weighted by atomic mass is 19.1. The first kappa shape index (κ1) is 22.0. The molecule has 3 aromatic rings. The molecule has 0 bridgehead atoms. The molecule has 6 nitrogen and oxygen atoms in total. The molecule has 34 heavy (non-hydrogen) atoms. The van der Waals surface area contributed by atoms with E-state index in [0.29, 0.717) is 30.4 Å². The van der Waals surface area contributed by atoms with Crippen molar-refractivity contribution in [1.29, 1.82) is 0 Å². The summed E-state index contributed by atoms with van der Waals surface area (Å²) in [5.74, 6) is 6.13. The lowest BCUT2D eigenvalue weighted by molar-refractivity contribution is -0.110. The van der Waals surface area contributed by atoms with Crippen LogP contribution in [-0.4, -0.2) is 35.3 Å². The van der Waals surface area contributed by atoms with E-state index in [1.54, 1.807) is 30.5 Å². The summed E-state index contributed by atoms with van der Waals surface area (Å²) in [6.07, 6.45) is 2.49. The zero-order valence-electron chi connectivity index (χ0n) is 18.5. The number of rotatable bonds is 4. The third-order valence-electron chi connectivity index (χ3n) is 7.11. The Morgan fingerprint density at radius 3 is 2.56 bits per heavy atom. The Morgan fingerprint density at radius 2 is 1.85 bits per heavy atom. The molecule has 5 rings (SSSR count). The summed E-state index contributed by atoms with van der Waals surface area (Å²) < 4.78 is 28.4. The summed E-state index contributed by atoms with van der Waals surface area (Å²) in [4.78, 5) is 11.0. The van der Waals surface area contributed by atoms with Crippen LogP contribution in [0.15, 0.2) is 54.7 Å². The Morgan fingerprint density at radius 1 is 1.12 bits per heavy atom. The lowest BCUT2D eigenvalue weighted by Crippen LogP contribution is -2.40. The Balaban J connectivity index is 1.34. The second-order valence-corrected chi connectivity index (χ2v) is 8.78. The van der Waals surface area contributed by atoms with E-state index in [4.69, 9.17) is 16.9 Å². The van der Waals surface area contributed by atoms with Crippen LogP contribution in [0.2, 0.25) is 0 Å². The summed E-state index contributed by atoms with van der Waals surface area (Å²) in [7, 11) is 0. The van der Waals surface area contributed by atoms with Crippen LogP contribution >= 0.6 is 0 Å². The van der Waals surface area contributed by atoms with Crippen LogP contribution < -0.4 is 21.8 Å². The Kier molecular flexibility index (Phi) is 5.50. The van der Waals surface area contributed by atoms with Crippen LogP contribution in [0.4, 0.5) is 20.4 Å². The maximum absolute atomic E-state index is 14.6. The van der Waals surface area contributed by atoms with Gasteiger partial charge < -0.3 is 16.4 Å². The Hall–Kier alpha value is -3.83. The number of nitrogen functional groups attached to an aromatic ring is 1. The van der Waals surface area contributed by atoms with Crippen LogP contribution in [0.1, 0.15) is 23.2 Å². The molecule has 0 radical (unpaired) electrons. The molecular weight excluding hydrogens is 434 g/mol. The summed E-state index contributed by atoms with van der Waals surface area (Å²) in [5.41, 5.74) is 13.3. The Labute approximate surface area is 196 Å². The molecule has 2 fully saturated rings. The first-order valence-electron chi connectivity index (χ1n) is 11.2. The highest BCUT2D eigenvalue weighted by Gasteiger charge is 2.66. The number of hydrogen-bond acceptors (Lipinski definition) is 5. The van der Waals surface area contributed by atoms with Crippen molar-refractivity contribution in [3.63, 3.8) is 0 Å². The number of hydrogen-bond donors (Lipinski definition) is 3. The van der Waals surface area contributed by atoms with Gasteiger partial charge in [-0.1, -0.05) is 36.3 Å². The lowest BCUT2D eigenvalue weighted by Gasteiger charge is -2.27. The van der Waals surface area contributed by atoms with E-state index < -0.39 is 5.82 Å². The number of anilines is 2. The first-order chi connectivity index (χ1) is 16.5. The maximum Gasteiger partial charge on any atom is 0.278 e. The van der Waals surface area contributed by atoms with Crippen molar-refractivity contribution in [2.75, 3.05) is 30.3 Å². The van der Waals surface area contributed by atoms with Gasteiger partial charge in [-0.2, -0.15) is 0 Å². The minimum Gasteiger partial charge on any atom is -0.382 e. The summed E-state index contributed by atoms with van der Waals surface area (Å²) in [6, 6.07) is 13.1. The van der Waals surface area contributed by atoms with Crippen LogP contribution in [0.5, 0.6) is 0 Å². The quantitative estimate of drug-likeness (QED) is 0.403. The molecule has 2 heterocycles. The van der Waals surface area contributed by atoms with Gasteiger partial charge in [-0.15, -0.1) is 0 Å². The van der Waals surface area contributed by atoms with Crippen LogP contribution in [-0.2, 0) is 5.41 Å². The number of fused-ring (bicyclic) bond motifs is 1. The molecule has 8 heteroatoms. The van der Waals surface area contributed by atoms with E-state index >= 15 is 0 Å². The largest absolute Gasteiger partial charge is 0.382 e. The van der Waals surface area contributed by atoms with Crippen molar-refractivity contribution in [3.8, 4) is 11.8 Å². The second-order valence-electron chi connectivity index (χ2n) is 8.78. The van der Waals surface area contributed by atoms with Gasteiger partial charge >= 0.3 is 0 Å². The number of aromatic nitrogens is 2. The zero-order valence-corrected chi connectivity index (χ0v) is 18.5. The topological polar surface area (TPSA) is 107 Å². The molecular formula is C26H25F2N6+. The van der Waals surface area contributed by atoms with Crippen molar-refractivity contribution in [3.05, 3.63) is 83.2 Å². The molecule has 2 aliphatic rings. The van der Waals surface area contributed by atoms with E-state index in [2.05, 4.69) is 26.7 Å². The van der Waals surface area contributed by atoms with Crippen LogP contribution in [0, 0.1) is 35.3 Å². The zero-order chi connectivity index (χ0) is 23.9. The van der Waals surface area contributed by atoms with Gasteiger partial charge in [-0.3, -0.25) is 0 Å². The number of nitrogens with two attached hydrogens (primary N) is 3. The fourth-order valence-electron chi connectivity index (χ4n) is 5.35. The monoisotopic (exact) mass is 459 g/mol. The second kappa shape index (κ2) is 8.50. The normalized spacial score (nSPS) is 23.0. The highest BCUT2D eigenvalue weighted by molar-refractivity contribution is 6.10. The van der Waals surface area contributed by atoms with Gasteiger partial charge in [-0.05, 0) is 42.0 Å². The summed E-state index contributed by atoms with van der Waals surface area (Å²) in [5, 5.41) is 6.06. The van der Waals surface area contributed by atoms with Crippen LogP contribution in [0.3, 0.4) is 0 Å². The molecule has 1 aliphatic carbocycles. The molecule has 1 saturated heterocycles. The fraction of sp³-hybridized carbons (Fsp3) is 0.269. The van der Waals surface area contributed by atoms with Gasteiger partial charge in [-0.25, -0.2) is 24.2 Å². The molecule has 1 saturated carbocycles. The third kappa shape index (κ3) is 3.58. The molecule has 1 unspecified atom stereocenters. The summed E-state index contributed by atoms with van der Waals surface area (Å²) >= 11 is 0. The molecule has 172 valence electrons. The summed E-state index contributed by atoms with van der Waals surface area (Å²) in [6.45, 7) is 1.84. The standard InChI is InChI=1S/C26H24F2N6/c27-20-7-3-1-5-16(20)9-10-22(30)24-25(31)33-23(13-32-24)34-12-11-17-19(14-34)26(17,15-29)18-6-2-4-8-21(18)28/h1-8,13,17,19,30H,11-12,14-15,29H2,(H2,31,33)/p+1/t17-,19?,26-/m1/s1. The highest BCUT2D eigenvalue weighted by Crippen LogP contribution is 2.63. The van der Waals surface area contributed by atoms with E-state index in [0.717, 1.165) is 13.0 Å². The van der Waals surface area contributed by atoms with Crippen molar-refractivity contribution >= 4 is 17.3 Å². The molecule has 1 aromatic heterocycles. The van der Waals surface area contributed by atoms with Gasteiger partial charge in [0.05, 0.1) is 11.8 Å². The molecule has 6 N–H and O–H groups in total. The SMILES string of the molecule is NC[C@@]1(c2ccccc2F)C2CN(c3cnc(C(=[NH2+])C#Cc4ccccc4F)c(N)n3)CC[C@H]21. The number of halogens is 2. The molecule has 0 spiro atoms. The molecule has 3 atom stereocenters. The minimum atomic E-state index is -0.426. The number of piperidine rings is 1. The fourth-order valence-corrected chi connectivity index (χ4v) is 5.35. The lowest BCUT2D eigenvalue weighted by atomic mass is 9.91. The van der Waals surface area contributed by atoms with Gasteiger partial charge in [0, 0.05) is 31.0 Å². The van der Waals surface area contributed by atoms with Crippen molar-refractivity contribution in [1.82, 2.24) is 9.97 Å². The molecule has 2 aromatic carbocycles. The van der Waals surface area contributed by atoms with Gasteiger partial charge in [0.2, 0.25) is 0 Å².